The van der Waals surface area contributed by atoms with Gasteiger partial charge in [0.2, 0.25) is 5.91 Å². The van der Waals surface area contributed by atoms with Gasteiger partial charge in [0.05, 0.1) is 12.1 Å². The number of carbonyl (C=O) groups excluding carboxylic acids is 1. The summed E-state index contributed by atoms with van der Waals surface area (Å²) >= 11 is 0. The van der Waals surface area contributed by atoms with Gasteiger partial charge in [0.1, 0.15) is 12.4 Å². The number of aromatic nitrogens is 4. The zero-order valence-electron chi connectivity index (χ0n) is 18.6. The molecule has 1 amide bonds. The molecule has 0 saturated heterocycles. The molecule has 8 nitrogen and oxygen atoms in total. The number of anilines is 1. The van der Waals surface area contributed by atoms with Gasteiger partial charge in [-0.1, -0.05) is 38.1 Å². The van der Waals surface area contributed by atoms with E-state index in [-0.39, 0.29) is 24.1 Å². The molecule has 0 unspecified atom stereocenters. The number of nitrogens with one attached hydrogen (secondary N) is 1. The standard InChI is InChI=1S/C24H24FN5O3/c1-15(2)17-6-10-19(11-7-17)26-21(31)14-29-20-13-28(3)27-22(20)23(32)30(24(29)33)12-16-4-8-18(25)9-5-16/h4-11,13,15H,12,14H2,1-3H3,(H,26,31). The number of rotatable bonds is 6. The highest BCUT2D eigenvalue weighted by Crippen LogP contribution is 2.17. The Kier molecular flexibility index (Phi) is 5.95. The first-order chi connectivity index (χ1) is 15.7. The Labute approximate surface area is 188 Å². The largest absolute Gasteiger partial charge is 0.332 e. The van der Waals surface area contributed by atoms with E-state index in [1.54, 1.807) is 7.05 Å². The summed E-state index contributed by atoms with van der Waals surface area (Å²) < 4.78 is 16.9. The molecule has 0 aliphatic rings. The van der Waals surface area contributed by atoms with Crippen molar-refractivity contribution in [2.75, 3.05) is 5.32 Å². The van der Waals surface area contributed by atoms with Crippen LogP contribution in [0, 0.1) is 5.82 Å². The lowest BCUT2D eigenvalue weighted by molar-refractivity contribution is -0.116. The minimum Gasteiger partial charge on any atom is -0.325 e. The third-order valence-corrected chi connectivity index (χ3v) is 5.43. The first-order valence-corrected chi connectivity index (χ1v) is 10.5. The van der Waals surface area contributed by atoms with E-state index in [9.17, 15) is 18.8 Å². The maximum absolute atomic E-state index is 13.3. The Morgan fingerprint density at radius 3 is 2.33 bits per heavy atom. The van der Waals surface area contributed by atoms with Crippen LogP contribution in [0.3, 0.4) is 0 Å². The molecule has 2 aromatic heterocycles. The van der Waals surface area contributed by atoms with E-state index in [0.29, 0.717) is 17.2 Å². The fourth-order valence-electron chi connectivity index (χ4n) is 3.65. The summed E-state index contributed by atoms with van der Waals surface area (Å²) in [5.41, 5.74) is 1.47. The van der Waals surface area contributed by atoms with Crippen molar-refractivity contribution in [2.45, 2.75) is 32.9 Å². The third kappa shape index (κ3) is 4.62. The van der Waals surface area contributed by atoms with Crippen molar-refractivity contribution in [2.24, 2.45) is 7.05 Å². The average Bonchev–Trinajstić information content (AvgIpc) is 3.17. The fraction of sp³-hybridized carbons (Fsp3) is 0.250. The van der Waals surface area contributed by atoms with Crippen molar-refractivity contribution in [3.63, 3.8) is 0 Å². The van der Waals surface area contributed by atoms with Crippen LogP contribution in [0.1, 0.15) is 30.9 Å². The Morgan fingerprint density at radius 1 is 1.03 bits per heavy atom. The molecule has 33 heavy (non-hydrogen) atoms. The Hall–Kier alpha value is -4.01. The van der Waals surface area contributed by atoms with Crippen molar-refractivity contribution >= 4 is 22.6 Å². The zero-order valence-corrected chi connectivity index (χ0v) is 18.6. The molecule has 0 spiro atoms. The number of aryl methyl sites for hydroxylation is 1. The molecule has 2 aromatic carbocycles. The molecule has 0 atom stereocenters. The minimum absolute atomic E-state index is 0.0667. The van der Waals surface area contributed by atoms with E-state index in [0.717, 1.165) is 10.1 Å². The van der Waals surface area contributed by atoms with Crippen molar-refractivity contribution < 1.29 is 9.18 Å². The molecular formula is C24H24FN5O3. The number of hydrogen-bond donors (Lipinski definition) is 1. The van der Waals surface area contributed by atoms with Gasteiger partial charge in [0.15, 0.2) is 5.52 Å². The lowest BCUT2D eigenvalue weighted by Gasteiger charge is -2.12. The molecule has 0 radical (unpaired) electrons. The quantitative estimate of drug-likeness (QED) is 0.490. The van der Waals surface area contributed by atoms with Crippen LogP contribution in [0.25, 0.3) is 11.0 Å². The second-order valence-corrected chi connectivity index (χ2v) is 8.25. The lowest BCUT2D eigenvalue weighted by Crippen LogP contribution is -2.41. The van der Waals surface area contributed by atoms with Crippen LogP contribution in [0.4, 0.5) is 10.1 Å². The van der Waals surface area contributed by atoms with Gasteiger partial charge in [-0.2, -0.15) is 5.10 Å². The van der Waals surface area contributed by atoms with E-state index in [2.05, 4.69) is 24.3 Å². The van der Waals surface area contributed by atoms with E-state index >= 15 is 0 Å². The van der Waals surface area contributed by atoms with Crippen molar-refractivity contribution in [1.29, 1.82) is 0 Å². The van der Waals surface area contributed by atoms with Gasteiger partial charge in [0, 0.05) is 18.9 Å². The highest BCUT2D eigenvalue weighted by molar-refractivity contribution is 5.91. The highest BCUT2D eigenvalue weighted by Gasteiger charge is 2.18. The first-order valence-electron chi connectivity index (χ1n) is 10.5. The van der Waals surface area contributed by atoms with Crippen molar-refractivity contribution in [3.05, 3.63) is 92.5 Å². The second-order valence-electron chi connectivity index (χ2n) is 8.25. The second kappa shape index (κ2) is 8.85. The monoisotopic (exact) mass is 449 g/mol. The van der Waals surface area contributed by atoms with Crippen LogP contribution < -0.4 is 16.6 Å². The molecule has 0 fully saturated rings. The van der Waals surface area contributed by atoms with E-state index < -0.39 is 23.0 Å². The number of amides is 1. The third-order valence-electron chi connectivity index (χ3n) is 5.43. The molecule has 9 heteroatoms. The molecule has 0 saturated carbocycles. The molecule has 0 bridgehead atoms. The number of hydrogen-bond acceptors (Lipinski definition) is 4. The molecule has 0 aliphatic carbocycles. The zero-order chi connectivity index (χ0) is 23.7. The van der Waals surface area contributed by atoms with E-state index in [1.165, 1.54) is 39.7 Å². The van der Waals surface area contributed by atoms with Crippen molar-refractivity contribution in [1.82, 2.24) is 18.9 Å². The number of nitrogens with zero attached hydrogens (tertiary/aromatic N) is 4. The molecule has 2 heterocycles. The van der Waals surface area contributed by atoms with Crippen LogP contribution in [0.15, 0.2) is 64.3 Å². The summed E-state index contributed by atoms with van der Waals surface area (Å²) in [6.07, 6.45) is 1.53. The first kappa shape index (κ1) is 22.2. The molecule has 0 aliphatic heterocycles. The van der Waals surface area contributed by atoms with Gasteiger partial charge in [-0.05, 0) is 41.3 Å². The fourth-order valence-corrected chi connectivity index (χ4v) is 3.65. The topological polar surface area (TPSA) is 90.9 Å². The van der Waals surface area contributed by atoms with E-state index in [1.807, 2.05) is 24.3 Å². The molecule has 4 rings (SSSR count). The average molecular weight is 449 g/mol. The van der Waals surface area contributed by atoms with Crippen LogP contribution in [0.2, 0.25) is 0 Å². The molecule has 4 aromatic rings. The summed E-state index contributed by atoms with van der Waals surface area (Å²) in [7, 11) is 1.63. The summed E-state index contributed by atoms with van der Waals surface area (Å²) in [5, 5.41) is 6.97. The number of carbonyl (C=O) groups is 1. The minimum atomic E-state index is -0.643. The van der Waals surface area contributed by atoms with Gasteiger partial charge < -0.3 is 5.32 Å². The highest BCUT2D eigenvalue weighted by atomic mass is 19.1. The Morgan fingerprint density at radius 2 is 1.70 bits per heavy atom. The predicted octanol–water partition coefficient (Wildman–Crippen LogP) is 2.85. The molecular weight excluding hydrogens is 425 g/mol. The van der Waals surface area contributed by atoms with Gasteiger partial charge in [-0.25, -0.2) is 9.18 Å². The normalized spacial score (nSPS) is 11.3. The number of fused-ring (bicyclic) bond motifs is 1. The van der Waals surface area contributed by atoms with Crippen LogP contribution in [-0.4, -0.2) is 24.8 Å². The Bertz CT molecular complexity index is 1430. The summed E-state index contributed by atoms with van der Waals surface area (Å²) in [6.45, 7) is 3.81. The number of halogens is 1. The molecule has 170 valence electrons. The summed E-state index contributed by atoms with van der Waals surface area (Å²) in [5.74, 6) is -0.456. The van der Waals surface area contributed by atoms with Crippen LogP contribution >= 0.6 is 0 Å². The summed E-state index contributed by atoms with van der Waals surface area (Å²) in [6, 6.07) is 13.0. The Balaban J connectivity index is 1.68. The van der Waals surface area contributed by atoms with Crippen LogP contribution in [-0.2, 0) is 24.9 Å². The maximum atomic E-state index is 13.3. The SMILES string of the molecule is CC(C)c1ccc(NC(=O)Cn2c(=O)n(Cc3ccc(F)cc3)c(=O)c3nn(C)cc32)cc1. The van der Waals surface area contributed by atoms with Gasteiger partial charge in [0.25, 0.3) is 5.56 Å². The smallest absolute Gasteiger partial charge is 0.325 e. The van der Waals surface area contributed by atoms with Crippen molar-refractivity contribution in [3.8, 4) is 0 Å². The van der Waals surface area contributed by atoms with Gasteiger partial charge in [-0.15, -0.1) is 0 Å². The van der Waals surface area contributed by atoms with Gasteiger partial charge in [-0.3, -0.25) is 23.4 Å². The van der Waals surface area contributed by atoms with E-state index in [4.69, 9.17) is 0 Å². The predicted molar refractivity (Wildman–Crippen MR) is 124 cm³/mol. The maximum Gasteiger partial charge on any atom is 0.332 e. The van der Waals surface area contributed by atoms with Crippen LogP contribution in [0.5, 0.6) is 0 Å². The summed E-state index contributed by atoms with van der Waals surface area (Å²) in [4.78, 5) is 38.9. The lowest BCUT2D eigenvalue weighted by atomic mass is 10.0. The molecule has 1 N–H and O–H groups in total. The van der Waals surface area contributed by atoms with Gasteiger partial charge >= 0.3 is 5.69 Å². The number of benzene rings is 2.